The zero-order valence-electron chi connectivity index (χ0n) is 12.0. The number of piperidine rings is 1. The lowest BCUT2D eigenvalue weighted by Gasteiger charge is -2.31. The molecule has 4 heteroatoms. The van der Waals surface area contributed by atoms with Gasteiger partial charge in [0.1, 0.15) is 11.9 Å². The highest BCUT2D eigenvalue weighted by Gasteiger charge is 2.26. The van der Waals surface area contributed by atoms with Gasteiger partial charge in [-0.25, -0.2) is 0 Å². The molecule has 110 valence electrons. The molecule has 2 heterocycles. The number of nitrogens with zero attached hydrogens (tertiary/aromatic N) is 1. The third kappa shape index (κ3) is 3.52. The topological polar surface area (TPSA) is 60.2 Å². The van der Waals surface area contributed by atoms with E-state index in [-0.39, 0.29) is 6.10 Å². The molecule has 0 saturated carbocycles. The molecule has 0 bridgehead atoms. The smallest absolute Gasteiger partial charge is 0.127 e. The second-order valence-electron chi connectivity index (χ2n) is 5.48. The van der Waals surface area contributed by atoms with E-state index in [9.17, 15) is 0 Å². The average Bonchev–Trinajstić information content (AvgIpc) is 2.56. The van der Waals surface area contributed by atoms with Gasteiger partial charge in [-0.3, -0.25) is 4.98 Å². The van der Waals surface area contributed by atoms with Crippen LogP contribution in [-0.2, 0) is 0 Å². The van der Waals surface area contributed by atoms with Crippen molar-refractivity contribution >= 4 is 5.69 Å². The van der Waals surface area contributed by atoms with Crippen molar-refractivity contribution in [2.24, 2.45) is 5.92 Å². The molecule has 1 aromatic heterocycles. The van der Waals surface area contributed by atoms with Crippen LogP contribution in [0.5, 0.6) is 5.75 Å². The van der Waals surface area contributed by atoms with Gasteiger partial charge >= 0.3 is 0 Å². The minimum atomic E-state index is 0.0683. The van der Waals surface area contributed by atoms with Gasteiger partial charge in [0, 0.05) is 24.0 Å². The predicted molar refractivity (Wildman–Crippen MR) is 84.1 cm³/mol. The first-order valence-electron chi connectivity index (χ1n) is 7.46. The third-order valence-corrected chi connectivity index (χ3v) is 3.99. The highest BCUT2D eigenvalue weighted by molar-refractivity contribution is 5.41. The summed E-state index contributed by atoms with van der Waals surface area (Å²) in [5, 5.41) is 3.41. The number of nitrogens with one attached hydrogen (secondary N) is 1. The summed E-state index contributed by atoms with van der Waals surface area (Å²) in [4.78, 5) is 4.11. The Hall–Kier alpha value is -2.07. The quantitative estimate of drug-likeness (QED) is 0.847. The van der Waals surface area contributed by atoms with Crippen LogP contribution in [0.15, 0.2) is 48.8 Å². The van der Waals surface area contributed by atoms with Crippen LogP contribution in [0.1, 0.15) is 24.5 Å². The molecule has 0 amide bonds. The Balaban J connectivity index is 1.83. The maximum Gasteiger partial charge on any atom is 0.127 e. The summed E-state index contributed by atoms with van der Waals surface area (Å²) in [6, 6.07) is 11.7. The van der Waals surface area contributed by atoms with Crippen LogP contribution in [0.4, 0.5) is 5.69 Å². The summed E-state index contributed by atoms with van der Waals surface area (Å²) in [6.45, 7) is 2.11. The molecule has 1 saturated heterocycles. The van der Waals surface area contributed by atoms with Crippen molar-refractivity contribution in [1.82, 2.24) is 10.3 Å². The van der Waals surface area contributed by atoms with Gasteiger partial charge in [-0.2, -0.15) is 0 Å². The monoisotopic (exact) mass is 283 g/mol. The van der Waals surface area contributed by atoms with Gasteiger partial charge in [-0.15, -0.1) is 0 Å². The van der Waals surface area contributed by atoms with Gasteiger partial charge in [0.2, 0.25) is 0 Å². The Morgan fingerprint density at radius 3 is 2.38 bits per heavy atom. The maximum atomic E-state index is 6.28. The lowest BCUT2D eigenvalue weighted by molar-refractivity contribution is 0.112. The molecule has 0 radical (unpaired) electrons. The van der Waals surface area contributed by atoms with Gasteiger partial charge in [0.15, 0.2) is 0 Å². The number of benzene rings is 1. The fraction of sp³-hybridized carbons (Fsp3) is 0.353. The zero-order chi connectivity index (χ0) is 14.5. The molecule has 1 aromatic carbocycles. The van der Waals surface area contributed by atoms with Crippen molar-refractivity contribution in [3.63, 3.8) is 0 Å². The molecule has 1 atom stereocenters. The van der Waals surface area contributed by atoms with E-state index in [4.69, 9.17) is 10.5 Å². The third-order valence-electron chi connectivity index (χ3n) is 3.99. The summed E-state index contributed by atoms with van der Waals surface area (Å²) in [5.74, 6) is 1.38. The van der Waals surface area contributed by atoms with Gasteiger partial charge < -0.3 is 15.8 Å². The van der Waals surface area contributed by atoms with E-state index in [1.54, 1.807) is 0 Å². The molecular formula is C17H21N3O. The molecule has 4 nitrogen and oxygen atoms in total. The molecular weight excluding hydrogens is 262 g/mol. The Labute approximate surface area is 125 Å². The van der Waals surface area contributed by atoms with Crippen LogP contribution in [-0.4, -0.2) is 18.1 Å². The fourth-order valence-corrected chi connectivity index (χ4v) is 2.83. The summed E-state index contributed by atoms with van der Waals surface area (Å²) < 4.78 is 6.28. The average molecular weight is 283 g/mol. The standard InChI is InChI=1S/C17H21N3O/c18-15-1-3-16(4-2-15)21-17(13-5-9-19-10-6-13)14-7-11-20-12-8-14/h1-6,9-10,14,17,20H,7-8,11-12,18H2. The fourth-order valence-electron chi connectivity index (χ4n) is 2.83. The number of hydrogen-bond donors (Lipinski definition) is 2. The molecule has 0 spiro atoms. The minimum Gasteiger partial charge on any atom is -0.485 e. The normalized spacial score (nSPS) is 17.3. The predicted octanol–water partition coefficient (Wildman–Crippen LogP) is 2.78. The molecule has 1 aliphatic rings. The Bertz CT molecular complexity index is 550. The first-order chi connectivity index (χ1) is 10.3. The Morgan fingerprint density at radius 2 is 1.71 bits per heavy atom. The maximum absolute atomic E-state index is 6.28. The van der Waals surface area contributed by atoms with E-state index in [1.165, 1.54) is 5.56 Å². The van der Waals surface area contributed by atoms with Gasteiger partial charge in [0.25, 0.3) is 0 Å². The number of ether oxygens (including phenoxy) is 1. The Morgan fingerprint density at radius 1 is 1.05 bits per heavy atom. The van der Waals surface area contributed by atoms with Crippen molar-refractivity contribution in [3.05, 3.63) is 54.4 Å². The van der Waals surface area contributed by atoms with Crippen molar-refractivity contribution in [3.8, 4) is 5.75 Å². The van der Waals surface area contributed by atoms with Crippen molar-refractivity contribution < 1.29 is 4.74 Å². The summed E-state index contributed by atoms with van der Waals surface area (Å²) in [7, 11) is 0. The van der Waals surface area contributed by atoms with E-state index in [1.807, 2.05) is 48.8 Å². The number of aromatic nitrogens is 1. The van der Waals surface area contributed by atoms with Crippen LogP contribution in [0.25, 0.3) is 0 Å². The van der Waals surface area contributed by atoms with E-state index in [0.717, 1.165) is 37.4 Å². The van der Waals surface area contributed by atoms with Crippen LogP contribution in [0, 0.1) is 5.92 Å². The van der Waals surface area contributed by atoms with Crippen LogP contribution >= 0.6 is 0 Å². The second-order valence-corrected chi connectivity index (χ2v) is 5.48. The number of nitrogen functional groups attached to an aromatic ring is 1. The van der Waals surface area contributed by atoms with Crippen LogP contribution in [0.3, 0.4) is 0 Å². The second kappa shape index (κ2) is 6.59. The van der Waals surface area contributed by atoms with Crippen molar-refractivity contribution in [2.75, 3.05) is 18.8 Å². The molecule has 1 unspecified atom stereocenters. The SMILES string of the molecule is Nc1ccc(OC(c2ccncc2)C2CCNCC2)cc1. The van der Waals surface area contributed by atoms with Crippen molar-refractivity contribution in [2.45, 2.75) is 18.9 Å². The minimum absolute atomic E-state index is 0.0683. The number of anilines is 1. The zero-order valence-corrected chi connectivity index (χ0v) is 12.0. The molecule has 21 heavy (non-hydrogen) atoms. The van der Waals surface area contributed by atoms with Gasteiger partial charge in [-0.05, 0) is 67.9 Å². The molecule has 2 aromatic rings. The lowest BCUT2D eigenvalue weighted by atomic mass is 9.88. The van der Waals surface area contributed by atoms with E-state index in [0.29, 0.717) is 5.92 Å². The Kier molecular flexibility index (Phi) is 4.36. The van der Waals surface area contributed by atoms with Crippen LogP contribution < -0.4 is 15.8 Å². The van der Waals surface area contributed by atoms with E-state index in [2.05, 4.69) is 10.3 Å². The van der Waals surface area contributed by atoms with E-state index >= 15 is 0 Å². The molecule has 3 N–H and O–H groups in total. The summed E-state index contributed by atoms with van der Waals surface area (Å²) >= 11 is 0. The van der Waals surface area contributed by atoms with Crippen LogP contribution in [0.2, 0.25) is 0 Å². The lowest BCUT2D eigenvalue weighted by Crippen LogP contribution is -2.32. The molecule has 1 aliphatic heterocycles. The number of nitrogens with two attached hydrogens (primary N) is 1. The summed E-state index contributed by atoms with van der Waals surface area (Å²) in [6.07, 6.45) is 5.98. The highest BCUT2D eigenvalue weighted by Crippen LogP contribution is 2.33. The van der Waals surface area contributed by atoms with Crippen molar-refractivity contribution in [1.29, 1.82) is 0 Å². The van der Waals surface area contributed by atoms with Gasteiger partial charge in [0.05, 0.1) is 0 Å². The van der Waals surface area contributed by atoms with Gasteiger partial charge in [-0.1, -0.05) is 0 Å². The first kappa shape index (κ1) is 13.9. The highest BCUT2D eigenvalue weighted by atomic mass is 16.5. The number of hydrogen-bond acceptors (Lipinski definition) is 4. The van der Waals surface area contributed by atoms with E-state index < -0.39 is 0 Å². The molecule has 3 rings (SSSR count). The summed E-state index contributed by atoms with van der Waals surface area (Å²) in [5.41, 5.74) is 7.68. The number of rotatable bonds is 4. The largest absolute Gasteiger partial charge is 0.485 e. The molecule has 1 fully saturated rings. The number of pyridine rings is 1. The first-order valence-corrected chi connectivity index (χ1v) is 7.46. The molecule has 0 aliphatic carbocycles.